The van der Waals surface area contributed by atoms with Crippen LogP contribution in [-0.4, -0.2) is 34.2 Å². The van der Waals surface area contributed by atoms with Crippen LogP contribution in [0, 0.1) is 4.77 Å². The molecule has 0 unspecified atom stereocenters. The second kappa shape index (κ2) is 7.93. The minimum absolute atomic E-state index is 0.0258. The van der Waals surface area contributed by atoms with E-state index in [0.29, 0.717) is 15.7 Å². The number of aromatic nitrogens is 2. The molecule has 0 spiro atoms. The molecule has 6 nitrogen and oxygen atoms in total. The summed E-state index contributed by atoms with van der Waals surface area (Å²) in [6.45, 7) is 3.06. The summed E-state index contributed by atoms with van der Waals surface area (Å²) in [7, 11) is 0. The van der Waals surface area contributed by atoms with Crippen LogP contribution >= 0.6 is 12.2 Å². The van der Waals surface area contributed by atoms with Crippen LogP contribution in [0.15, 0.2) is 29.1 Å². The molecule has 1 aromatic carbocycles. The SMILES string of the molecule is CC[C@H](NC(=O)CCn1c(=S)[nH]c2ccccc2c1=O)[C@@H]1CCCO1. The molecule has 2 N–H and O–H groups in total. The van der Waals surface area contributed by atoms with Gasteiger partial charge in [0.05, 0.1) is 23.0 Å². The number of aromatic amines is 1. The molecule has 2 heterocycles. The van der Waals surface area contributed by atoms with Crippen molar-refractivity contribution < 1.29 is 9.53 Å². The molecule has 0 aliphatic carbocycles. The van der Waals surface area contributed by atoms with Crippen LogP contribution < -0.4 is 10.9 Å². The highest BCUT2D eigenvalue weighted by molar-refractivity contribution is 7.71. The number of hydrogen-bond donors (Lipinski definition) is 2. The largest absolute Gasteiger partial charge is 0.376 e. The van der Waals surface area contributed by atoms with Crippen LogP contribution in [0.2, 0.25) is 0 Å². The fourth-order valence-corrected chi connectivity index (χ4v) is 3.56. The first kappa shape index (κ1) is 17.8. The highest BCUT2D eigenvalue weighted by atomic mass is 32.1. The van der Waals surface area contributed by atoms with E-state index in [1.807, 2.05) is 25.1 Å². The zero-order valence-corrected chi connectivity index (χ0v) is 15.1. The normalized spacial score (nSPS) is 18.4. The molecule has 2 aromatic rings. The summed E-state index contributed by atoms with van der Waals surface area (Å²) in [5.74, 6) is -0.0863. The molecule has 3 rings (SSSR count). The lowest BCUT2D eigenvalue weighted by atomic mass is 10.1. The summed E-state index contributed by atoms with van der Waals surface area (Å²) < 4.78 is 7.45. The maximum absolute atomic E-state index is 12.6. The van der Waals surface area contributed by atoms with Crippen molar-refractivity contribution in [2.24, 2.45) is 0 Å². The van der Waals surface area contributed by atoms with Crippen molar-refractivity contribution in [2.45, 2.75) is 51.3 Å². The number of rotatable bonds is 6. The van der Waals surface area contributed by atoms with Crippen molar-refractivity contribution in [1.82, 2.24) is 14.9 Å². The number of nitrogens with zero attached hydrogens (tertiary/aromatic N) is 1. The molecule has 1 aliphatic heterocycles. The third-order valence-electron chi connectivity index (χ3n) is 4.65. The quantitative estimate of drug-likeness (QED) is 0.775. The molecule has 2 atom stereocenters. The van der Waals surface area contributed by atoms with E-state index in [1.54, 1.807) is 6.07 Å². The predicted molar refractivity (Wildman–Crippen MR) is 99.2 cm³/mol. The standard InChI is InChI=1S/C18H23N3O3S/c1-2-13(15-8-5-11-24-15)19-16(22)9-10-21-17(23)12-6-3-4-7-14(12)20-18(21)25/h3-4,6-7,13,15H,2,5,8-11H2,1H3,(H,19,22)(H,20,25)/t13-,15-/m0/s1. The second-order valence-electron chi connectivity index (χ2n) is 6.32. The van der Waals surface area contributed by atoms with Gasteiger partial charge in [0.15, 0.2) is 4.77 Å². The van der Waals surface area contributed by atoms with E-state index >= 15 is 0 Å². The van der Waals surface area contributed by atoms with Gasteiger partial charge in [-0.15, -0.1) is 0 Å². The molecule has 1 amide bonds. The maximum atomic E-state index is 12.6. The van der Waals surface area contributed by atoms with Crippen molar-refractivity contribution >= 4 is 29.0 Å². The third-order valence-corrected chi connectivity index (χ3v) is 4.97. The summed E-state index contributed by atoms with van der Waals surface area (Å²) in [5, 5.41) is 3.60. The van der Waals surface area contributed by atoms with Crippen molar-refractivity contribution in [3.63, 3.8) is 0 Å². The van der Waals surface area contributed by atoms with Gasteiger partial charge in [-0.2, -0.15) is 0 Å². The van der Waals surface area contributed by atoms with E-state index in [9.17, 15) is 9.59 Å². The van der Waals surface area contributed by atoms with Gasteiger partial charge in [0.2, 0.25) is 5.91 Å². The molecule has 1 aromatic heterocycles. The van der Waals surface area contributed by atoms with Crippen LogP contribution in [0.4, 0.5) is 0 Å². The molecular weight excluding hydrogens is 338 g/mol. The van der Waals surface area contributed by atoms with Crippen molar-refractivity contribution in [2.75, 3.05) is 6.61 Å². The Bertz CT molecular complexity index is 868. The van der Waals surface area contributed by atoms with E-state index in [2.05, 4.69) is 10.3 Å². The Morgan fingerprint density at radius 1 is 1.48 bits per heavy atom. The van der Waals surface area contributed by atoms with Gasteiger partial charge in [0, 0.05) is 19.6 Å². The Balaban J connectivity index is 1.69. The number of fused-ring (bicyclic) bond motifs is 1. The number of H-pyrrole nitrogens is 1. The lowest BCUT2D eigenvalue weighted by Crippen LogP contribution is -2.43. The van der Waals surface area contributed by atoms with Gasteiger partial charge in [-0.25, -0.2) is 0 Å². The summed E-state index contributed by atoms with van der Waals surface area (Å²) in [5.41, 5.74) is 0.543. The Morgan fingerprint density at radius 2 is 2.28 bits per heavy atom. The van der Waals surface area contributed by atoms with Crippen molar-refractivity contribution in [1.29, 1.82) is 0 Å². The molecule has 134 valence electrons. The highest BCUT2D eigenvalue weighted by Gasteiger charge is 2.25. The molecule has 1 aliphatic rings. The van der Waals surface area contributed by atoms with Gasteiger partial charge >= 0.3 is 0 Å². The Labute approximate surface area is 151 Å². The lowest BCUT2D eigenvalue weighted by molar-refractivity contribution is -0.123. The van der Waals surface area contributed by atoms with Crippen LogP contribution in [0.25, 0.3) is 10.9 Å². The summed E-state index contributed by atoms with van der Waals surface area (Å²) in [4.78, 5) is 27.9. The molecule has 1 fully saturated rings. The minimum Gasteiger partial charge on any atom is -0.376 e. The first-order valence-corrected chi connectivity index (χ1v) is 9.13. The van der Waals surface area contributed by atoms with Gasteiger partial charge in [-0.3, -0.25) is 14.2 Å². The lowest BCUT2D eigenvalue weighted by Gasteiger charge is -2.23. The van der Waals surface area contributed by atoms with E-state index in [4.69, 9.17) is 17.0 Å². The first-order chi connectivity index (χ1) is 12.1. The zero-order valence-electron chi connectivity index (χ0n) is 14.3. The number of nitrogens with one attached hydrogen (secondary N) is 2. The molecule has 0 saturated carbocycles. The fourth-order valence-electron chi connectivity index (χ4n) is 3.27. The number of amides is 1. The molecule has 7 heteroatoms. The van der Waals surface area contributed by atoms with Gasteiger partial charge in [-0.05, 0) is 43.6 Å². The van der Waals surface area contributed by atoms with Crippen molar-refractivity contribution in [3.05, 3.63) is 39.4 Å². The molecule has 0 radical (unpaired) electrons. The van der Waals surface area contributed by atoms with Gasteiger partial charge in [0.25, 0.3) is 5.56 Å². The molecule has 0 bridgehead atoms. The van der Waals surface area contributed by atoms with Gasteiger partial charge in [-0.1, -0.05) is 19.1 Å². The Morgan fingerprint density at radius 3 is 3.00 bits per heavy atom. The Hall–Kier alpha value is -1.99. The van der Waals surface area contributed by atoms with Gasteiger partial charge < -0.3 is 15.0 Å². The maximum Gasteiger partial charge on any atom is 0.262 e. The van der Waals surface area contributed by atoms with Crippen molar-refractivity contribution in [3.8, 4) is 0 Å². The smallest absolute Gasteiger partial charge is 0.262 e. The fraction of sp³-hybridized carbons (Fsp3) is 0.500. The van der Waals surface area contributed by atoms with Crippen LogP contribution in [-0.2, 0) is 16.1 Å². The predicted octanol–water partition coefficient (Wildman–Crippen LogP) is 2.52. The summed E-state index contributed by atoms with van der Waals surface area (Å²) in [6.07, 6.45) is 3.15. The number of carbonyl (C=O) groups is 1. The van der Waals surface area contributed by atoms with E-state index in [1.165, 1.54) is 4.57 Å². The molecule has 25 heavy (non-hydrogen) atoms. The summed E-state index contributed by atoms with van der Waals surface area (Å²) >= 11 is 5.27. The number of benzene rings is 1. The number of para-hydroxylation sites is 1. The number of carbonyl (C=O) groups excluding carboxylic acids is 1. The summed E-state index contributed by atoms with van der Waals surface area (Å²) in [6, 6.07) is 7.25. The average molecular weight is 361 g/mol. The average Bonchev–Trinajstić information content (AvgIpc) is 3.14. The second-order valence-corrected chi connectivity index (χ2v) is 6.70. The molecular formula is C18H23N3O3S. The third kappa shape index (κ3) is 3.99. The number of ether oxygens (including phenoxy) is 1. The zero-order chi connectivity index (χ0) is 17.8. The van der Waals surface area contributed by atoms with Crippen LogP contribution in [0.3, 0.4) is 0 Å². The van der Waals surface area contributed by atoms with Gasteiger partial charge in [0.1, 0.15) is 0 Å². The topological polar surface area (TPSA) is 76.1 Å². The van der Waals surface area contributed by atoms with E-state index in [-0.39, 0.29) is 36.6 Å². The Kier molecular flexibility index (Phi) is 5.65. The monoisotopic (exact) mass is 361 g/mol. The van der Waals surface area contributed by atoms with Crippen LogP contribution in [0.1, 0.15) is 32.6 Å². The minimum atomic E-state index is -0.168. The number of hydrogen-bond acceptors (Lipinski definition) is 4. The molecule has 1 saturated heterocycles. The first-order valence-electron chi connectivity index (χ1n) is 8.73. The van der Waals surface area contributed by atoms with Crippen LogP contribution in [0.5, 0.6) is 0 Å². The van der Waals surface area contributed by atoms with E-state index in [0.717, 1.165) is 25.9 Å². The highest BCUT2D eigenvalue weighted by Crippen LogP contribution is 2.17. The van der Waals surface area contributed by atoms with E-state index < -0.39 is 0 Å².